The van der Waals surface area contributed by atoms with Gasteiger partial charge in [-0.25, -0.2) is 0 Å². The molecule has 0 fully saturated rings. The van der Waals surface area contributed by atoms with E-state index in [4.69, 9.17) is 14.2 Å². The van der Waals surface area contributed by atoms with Gasteiger partial charge in [0.15, 0.2) is 17.3 Å². The van der Waals surface area contributed by atoms with Crippen molar-refractivity contribution in [3.05, 3.63) is 65.5 Å². The van der Waals surface area contributed by atoms with Gasteiger partial charge in [0.25, 0.3) is 11.1 Å². The third-order valence-corrected chi connectivity index (χ3v) is 4.72. The van der Waals surface area contributed by atoms with Crippen molar-refractivity contribution in [1.82, 2.24) is 14.7 Å². The summed E-state index contributed by atoms with van der Waals surface area (Å²) < 4.78 is 20.5. The lowest BCUT2D eigenvalue weighted by atomic mass is 10.1. The van der Waals surface area contributed by atoms with Crippen LogP contribution in [0.25, 0.3) is 0 Å². The molecule has 0 unspecified atom stereocenters. The molecule has 0 aliphatic rings. The maximum Gasteiger partial charge on any atom is 0.298 e. The van der Waals surface area contributed by atoms with Crippen LogP contribution in [-0.4, -0.2) is 42.6 Å². The second-order valence-corrected chi connectivity index (χ2v) is 6.92. The number of rotatable bonds is 10. The Bertz CT molecular complexity index is 931. The fourth-order valence-electron chi connectivity index (χ4n) is 2.64. The van der Waals surface area contributed by atoms with Gasteiger partial charge < -0.3 is 19.5 Å². The Morgan fingerprint density at radius 3 is 2.69 bits per heavy atom. The van der Waals surface area contributed by atoms with Crippen molar-refractivity contribution in [2.24, 2.45) is 0 Å². The first-order valence-electron chi connectivity index (χ1n) is 9.19. The van der Waals surface area contributed by atoms with E-state index in [2.05, 4.69) is 14.7 Å². The largest absolute Gasteiger partial charge is 0.493 e. The molecule has 1 aromatic heterocycles. The second-order valence-electron chi connectivity index (χ2n) is 6.21. The SMILES string of the molecule is COCCCNC(=O)c1ccc(Oc2nc(Cc3ccccc3)ns2)c(OC)c1. The third kappa shape index (κ3) is 6.00. The van der Waals surface area contributed by atoms with Gasteiger partial charge in [0.1, 0.15) is 0 Å². The number of hydrogen-bond acceptors (Lipinski definition) is 7. The molecule has 0 radical (unpaired) electrons. The fraction of sp³-hybridized carbons (Fsp3) is 0.286. The second kappa shape index (κ2) is 10.5. The summed E-state index contributed by atoms with van der Waals surface area (Å²) in [6, 6.07) is 15.0. The monoisotopic (exact) mass is 413 g/mol. The van der Waals surface area contributed by atoms with Crippen LogP contribution in [-0.2, 0) is 11.2 Å². The lowest BCUT2D eigenvalue weighted by Gasteiger charge is -2.10. The van der Waals surface area contributed by atoms with Gasteiger partial charge in [-0.15, -0.1) is 0 Å². The molecule has 1 heterocycles. The van der Waals surface area contributed by atoms with E-state index in [1.54, 1.807) is 25.3 Å². The van der Waals surface area contributed by atoms with Gasteiger partial charge in [0.05, 0.1) is 7.11 Å². The number of hydrogen-bond donors (Lipinski definition) is 1. The Hall–Kier alpha value is -2.97. The van der Waals surface area contributed by atoms with Gasteiger partial charge in [0, 0.05) is 43.8 Å². The lowest BCUT2D eigenvalue weighted by molar-refractivity contribution is 0.0948. The highest BCUT2D eigenvalue weighted by Gasteiger charge is 2.14. The number of nitrogens with one attached hydrogen (secondary N) is 1. The quantitative estimate of drug-likeness (QED) is 0.511. The molecule has 0 saturated heterocycles. The van der Waals surface area contributed by atoms with E-state index < -0.39 is 0 Å². The minimum absolute atomic E-state index is 0.174. The Labute approximate surface area is 173 Å². The molecule has 3 rings (SSSR count). The minimum atomic E-state index is -0.174. The maximum absolute atomic E-state index is 12.3. The van der Waals surface area contributed by atoms with E-state index in [1.807, 2.05) is 30.3 Å². The predicted octanol–water partition coefficient (Wildman–Crippen LogP) is 3.70. The molecule has 2 aromatic carbocycles. The number of amides is 1. The van der Waals surface area contributed by atoms with Crippen LogP contribution in [0.2, 0.25) is 0 Å². The zero-order valence-corrected chi connectivity index (χ0v) is 17.2. The minimum Gasteiger partial charge on any atom is -0.493 e. The van der Waals surface area contributed by atoms with E-state index >= 15 is 0 Å². The Balaban J connectivity index is 1.64. The molecule has 152 valence electrons. The zero-order valence-electron chi connectivity index (χ0n) is 16.4. The number of aromatic nitrogens is 2. The van der Waals surface area contributed by atoms with Crippen molar-refractivity contribution in [3.63, 3.8) is 0 Å². The third-order valence-electron chi connectivity index (χ3n) is 4.09. The summed E-state index contributed by atoms with van der Waals surface area (Å²) in [5.41, 5.74) is 1.63. The molecular formula is C21H23N3O4S. The van der Waals surface area contributed by atoms with E-state index in [1.165, 1.54) is 18.6 Å². The number of carbonyl (C=O) groups excluding carboxylic acids is 1. The first-order valence-corrected chi connectivity index (χ1v) is 9.96. The first-order chi connectivity index (χ1) is 14.2. The predicted molar refractivity (Wildman–Crippen MR) is 111 cm³/mol. The van der Waals surface area contributed by atoms with Crippen LogP contribution in [0.5, 0.6) is 16.7 Å². The molecule has 8 heteroatoms. The highest BCUT2D eigenvalue weighted by atomic mass is 32.1. The van der Waals surface area contributed by atoms with Gasteiger partial charge in [-0.3, -0.25) is 4.79 Å². The summed E-state index contributed by atoms with van der Waals surface area (Å²) in [6.45, 7) is 1.15. The molecule has 0 spiro atoms. The van der Waals surface area contributed by atoms with Crippen molar-refractivity contribution in [2.45, 2.75) is 12.8 Å². The van der Waals surface area contributed by atoms with Gasteiger partial charge in [-0.2, -0.15) is 9.36 Å². The van der Waals surface area contributed by atoms with Crippen LogP contribution in [0.15, 0.2) is 48.5 Å². The number of benzene rings is 2. The van der Waals surface area contributed by atoms with Crippen LogP contribution in [0, 0.1) is 0 Å². The molecule has 0 saturated carbocycles. The van der Waals surface area contributed by atoms with Crippen LogP contribution in [0.3, 0.4) is 0 Å². The number of carbonyl (C=O) groups is 1. The smallest absolute Gasteiger partial charge is 0.298 e. The van der Waals surface area contributed by atoms with Crippen molar-refractivity contribution in [3.8, 4) is 16.7 Å². The van der Waals surface area contributed by atoms with E-state index in [-0.39, 0.29) is 5.91 Å². The van der Waals surface area contributed by atoms with Crippen LogP contribution < -0.4 is 14.8 Å². The Morgan fingerprint density at radius 1 is 1.10 bits per heavy atom. The van der Waals surface area contributed by atoms with Crippen molar-refractivity contribution >= 4 is 17.4 Å². The average molecular weight is 413 g/mol. The van der Waals surface area contributed by atoms with Gasteiger partial charge in [-0.1, -0.05) is 30.3 Å². The number of nitrogens with zero attached hydrogens (tertiary/aromatic N) is 2. The zero-order chi connectivity index (χ0) is 20.5. The molecule has 7 nitrogen and oxygen atoms in total. The average Bonchev–Trinajstić information content (AvgIpc) is 3.18. The molecule has 1 N–H and O–H groups in total. The van der Waals surface area contributed by atoms with Crippen molar-refractivity contribution in [1.29, 1.82) is 0 Å². The lowest BCUT2D eigenvalue weighted by Crippen LogP contribution is -2.25. The first kappa shape index (κ1) is 20.8. The van der Waals surface area contributed by atoms with E-state index in [0.717, 1.165) is 12.0 Å². The highest BCUT2D eigenvalue weighted by Crippen LogP contribution is 2.33. The van der Waals surface area contributed by atoms with Crippen molar-refractivity contribution < 1.29 is 19.0 Å². The van der Waals surface area contributed by atoms with E-state index in [9.17, 15) is 4.79 Å². The Morgan fingerprint density at radius 2 is 1.93 bits per heavy atom. The molecule has 1 amide bonds. The summed E-state index contributed by atoms with van der Waals surface area (Å²) in [7, 11) is 3.16. The molecule has 0 aliphatic heterocycles. The van der Waals surface area contributed by atoms with Crippen molar-refractivity contribution in [2.75, 3.05) is 27.4 Å². The molecular weight excluding hydrogens is 390 g/mol. The van der Waals surface area contributed by atoms with Crippen LogP contribution >= 0.6 is 11.5 Å². The normalized spacial score (nSPS) is 10.6. The summed E-state index contributed by atoms with van der Waals surface area (Å²) in [4.78, 5) is 16.7. The number of ether oxygens (including phenoxy) is 3. The number of methoxy groups -OCH3 is 2. The molecule has 3 aromatic rings. The van der Waals surface area contributed by atoms with Crippen LogP contribution in [0.1, 0.15) is 28.2 Å². The summed E-state index contributed by atoms with van der Waals surface area (Å²) in [5, 5.41) is 3.27. The Kier molecular flexibility index (Phi) is 7.54. The molecule has 0 aliphatic carbocycles. The molecule has 29 heavy (non-hydrogen) atoms. The topological polar surface area (TPSA) is 82.6 Å². The molecule has 0 atom stereocenters. The van der Waals surface area contributed by atoms with Gasteiger partial charge >= 0.3 is 0 Å². The standard InChI is InChI=1S/C21H23N3O4S/c1-26-12-6-11-22-20(25)16-9-10-17(18(14-16)27-2)28-21-23-19(24-29-21)13-15-7-4-3-5-8-15/h3-5,7-10,14H,6,11-13H2,1-2H3,(H,22,25). The fourth-order valence-corrected chi connectivity index (χ4v) is 3.20. The highest BCUT2D eigenvalue weighted by molar-refractivity contribution is 7.07. The maximum atomic E-state index is 12.3. The van der Waals surface area contributed by atoms with Crippen LogP contribution in [0.4, 0.5) is 0 Å². The van der Waals surface area contributed by atoms with Gasteiger partial charge in [0.2, 0.25) is 0 Å². The van der Waals surface area contributed by atoms with E-state index in [0.29, 0.717) is 47.7 Å². The molecule has 0 bridgehead atoms. The summed E-state index contributed by atoms with van der Waals surface area (Å²) >= 11 is 1.18. The van der Waals surface area contributed by atoms with Gasteiger partial charge in [-0.05, 0) is 30.2 Å². The summed E-state index contributed by atoms with van der Waals surface area (Å²) in [6.07, 6.45) is 1.39. The summed E-state index contributed by atoms with van der Waals surface area (Å²) in [5.74, 6) is 1.45.